The lowest BCUT2D eigenvalue weighted by Crippen LogP contribution is -2.32. The Bertz CT molecular complexity index is 1510. The van der Waals surface area contributed by atoms with Gasteiger partial charge in [0, 0.05) is 18.7 Å². The highest BCUT2D eigenvalue weighted by atomic mass is 35.5. The van der Waals surface area contributed by atoms with Crippen molar-refractivity contribution in [2.45, 2.75) is 38.8 Å². The van der Waals surface area contributed by atoms with Gasteiger partial charge in [-0.1, -0.05) is 23.7 Å². The molecule has 0 bridgehead atoms. The topological polar surface area (TPSA) is 87.4 Å². The number of aryl methyl sites for hydroxylation is 1. The molecule has 0 spiro atoms. The molecule has 1 fully saturated rings. The van der Waals surface area contributed by atoms with Crippen molar-refractivity contribution < 1.29 is 23.7 Å². The Kier molecular flexibility index (Phi) is 5.54. The number of fused-ring (bicyclic) bond motifs is 3. The zero-order valence-corrected chi connectivity index (χ0v) is 21.5. The summed E-state index contributed by atoms with van der Waals surface area (Å²) >= 11 is 6.45. The van der Waals surface area contributed by atoms with Gasteiger partial charge < -0.3 is 18.9 Å². The molecule has 10 heteroatoms. The van der Waals surface area contributed by atoms with Gasteiger partial charge in [0.2, 0.25) is 13.6 Å². The van der Waals surface area contributed by atoms with Crippen LogP contribution in [-0.2, 0) is 6.54 Å². The summed E-state index contributed by atoms with van der Waals surface area (Å²) in [5.74, 6) is 2.53. The van der Waals surface area contributed by atoms with Gasteiger partial charge in [-0.2, -0.15) is 10.2 Å². The number of allylic oxidation sites excluding steroid dienone is 1. The van der Waals surface area contributed by atoms with Crippen LogP contribution in [0, 0.1) is 5.92 Å². The Hall–Kier alpha value is -3.98. The monoisotopic (exact) mass is 532 g/mol. The predicted molar refractivity (Wildman–Crippen MR) is 140 cm³/mol. The van der Waals surface area contributed by atoms with E-state index in [4.69, 9.17) is 35.6 Å². The Morgan fingerprint density at radius 3 is 2.55 bits per heavy atom. The van der Waals surface area contributed by atoms with Gasteiger partial charge in [-0.15, -0.1) is 0 Å². The van der Waals surface area contributed by atoms with Gasteiger partial charge in [0.15, 0.2) is 28.7 Å². The molecule has 1 aliphatic carbocycles. The van der Waals surface area contributed by atoms with Crippen molar-refractivity contribution >= 4 is 29.3 Å². The van der Waals surface area contributed by atoms with E-state index in [9.17, 15) is 4.79 Å². The van der Waals surface area contributed by atoms with Crippen LogP contribution in [0.15, 0.2) is 53.3 Å². The number of carbonyl (C=O) groups excluding carboxylic acids is 1. The second-order valence-electron chi connectivity index (χ2n) is 9.65. The first kappa shape index (κ1) is 23.2. The summed E-state index contributed by atoms with van der Waals surface area (Å²) in [4.78, 5) is 13.9. The molecule has 1 aromatic heterocycles. The molecule has 1 amide bonds. The molecule has 2 atom stereocenters. The third kappa shape index (κ3) is 3.80. The van der Waals surface area contributed by atoms with Crippen LogP contribution in [-0.4, -0.2) is 40.0 Å². The molecule has 0 saturated heterocycles. The van der Waals surface area contributed by atoms with Crippen LogP contribution in [0.3, 0.4) is 0 Å². The highest BCUT2D eigenvalue weighted by Crippen LogP contribution is 2.47. The summed E-state index contributed by atoms with van der Waals surface area (Å²) < 4.78 is 23.9. The molecule has 2 aromatic carbocycles. The molecule has 2 unspecified atom stereocenters. The van der Waals surface area contributed by atoms with Crippen molar-refractivity contribution in [1.29, 1.82) is 0 Å². The molecule has 9 nitrogen and oxygen atoms in total. The SMILES string of the molecule is CCn1cc(Cl)c(C(=O)N2N=C3C(=Cc4ccc5c(c4)OCO5)CCCC3C2c2ccc3c(c2)OCO3)n1. The van der Waals surface area contributed by atoms with E-state index in [0.717, 1.165) is 53.2 Å². The average molecular weight is 533 g/mol. The van der Waals surface area contributed by atoms with E-state index in [1.165, 1.54) is 0 Å². The maximum Gasteiger partial charge on any atom is 0.296 e. The molecule has 4 heterocycles. The predicted octanol–water partition coefficient (Wildman–Crippen LogP) is 5.45. The second-order valence-corrected chi connectivity index (χ2v) is 10.1. The number of hydrazone groups is 1. The molecule has 194 valence electrons. The molecule has 1 saturated carbocycles. The largest absolute Gasteiger partial charge is 0.454 e. The first-order chi connectivity index (χ1) is 18.6. The van der Waals surface area contributed by atoms with E-state index in [2.05, 4.69) is 11.2 Å². The number of carbonyl (C=O) groups is 1. The molecule has 0 radical (unpaired) electrons. The number of hydrogen-bond acceptors (Lipinski definition) is 7. The first-order valence-corrected chi connectivity index (χ1v) is 13.1. The molecule has 0 N–H and O–H groups in total. The number of amides is 1. The lowest BCUT2D eigenvalue weighted by Gasteiger charge is -2.29. The smallest absolute Gasteiger partial charge is 0.296 e. The number of aromatic nitrogens is 2. The highest BCUT2D eigenvalue weighted by Gasteiger charge is 2.45. The van der Waals surface area contributed by atoms with E-state index in [1.54, 1.807) is 15.9 Å². The molecule has 4 aliphatic rings. The maximum atomic E-state index is 13.9. The Labute approximate surface area is 224 Å². The number of rotatable bonds is 4. The first-order valence-electron chi connectivity index (χ1n) is 12.7. The van der Waals surface area contributed by atoms with Crippen LogP contribution >= 0.6 is 11.6 Å². The Morgan fingerprint density at radius 1 is 1.05 bits per heavy atom. The van der Waals surface area contributed by atoms with Crippen LogP contribution in [0.4, 0.5) is 0 Å². The molecule has 7 rings (SSSR count). The van der Waals surface area contributed by atoms with E-state index in [1.807, 2.05) is 43.3 Å². The highest BCUT2D eigenvalue weighted by molar-refractivity contribution is 6.33. The Balaban J connectivity index is 1.30. The normalized spacial score (nSPS) is 22.1. The van der Waals surface area contributed by atoms with Gasteiger partial charge in [0.1, 0.15) is 0 Å². The van der Waals surface area contributed by atoms with Crippen molar-refractivity contribution in [2.24, 2.45) is 11.0 Å². The quantitative estimate of drug-likeness (QED) is 0.444. The summed E-state index contributed by atoms with van der Waals surface area (Å²) in [7, 11) is 0. The van der Waals surface area contributed by atoms with Gasteiger partial charge in [0.05, 0.1) is 16.8 Å². The van der Waals surface area contributed by atoms with Crippen molar-refractivity contribution in [2.75, 3.05) is 13.6 Å². The number of nitrogens with zero attached hydrogens (tertiary/aromatic N) is 4. The van der Waals surface area contributed by atoms with Gasteiger partial charge in [-0.25, -0.2) is 5.01 Å². The number of hydrogen-bond donors (Lipinski definition) is 0. The average Bonchev–Trinajstić information content (AvgIpc) is 3.72. The van der Waals surface area contributed by atoms with Gasteiger partial charge in [0.25, 0.3) is 5.91 Å². The van der Waals surface area contributed by atoms with Crippen LogP contribution in [0.2, 0.25) is 5.02 Å². The molecular formula is C28H25ClN4O5. The van der Waals surface area contributed by atoms with E-state index in [0.29, 0.717) is 23.1 Å². The maximum absolute atomic E-state index is 13.9. The van der Waals surface area contributed by atoms with Crippen LogP contribution < -0.4 is 18.9 Å². The standard InChI is InChI=1S/C28H25ClN4O5/c1-2-32-13-20(29)26(30-32)28(34)33-27(18-7-9-22-24(12-18)38-15-36-22)19-5-3-4-17(25(19)31-33)10-16-6-8-21-23(11-16)37-14-35-21/h6-13,19,27H,2-5,14-15H2,1H3. The van der Waals surface area contributed by atoms with Crippen molar-refractivity contribution in [1.82, 2.24) is 14.8 Å². The van der Waals surface area contributed by atoms with Crippen LogP contribution in [0.25, 0.3) is 6.08 Å². The third-order valence-corrected chi connectivity index (χ3v) is 7.71. The van der Waals surface area contributed by atoms with E-state index in [-0.39, 0.29) is 37.1 Å². The minimum atomic E-state index is -0.325. The molecule has 3 aromatic rings. The van der Waals surface area contributed by atoms with Crippen molar-refractivity contribution in [3.63, 3.8) is 0 Å². The fourth-order valence-electron chi connectivity index (χ4n) is 5.61. The van der Waals surface area contributed by atoms with Crippen LogP contribution in [0.1, 0.15) is 53.8 Å². The Morgan fingerprint density at radius 2 is 1.79 bits per heavy atom. The fourth-order valence-corrected chi connectivity index (χ4v) is 5.85. The van der Waals surface area contributed by atoms with E-state index >= 15 is 0 Å². The summed E-state index contributed by atoms with van der Waals surface area (Å²) in [6.45, 7) is 2.97. The van der Waals surface area contributed by atoms with Gasteiger partial charge in [-0.3, -0.25) is 9.48 Å². The van der Waals surface area contributed by atoms with Crippen molar-refractivity contribution in [3.8, 4) is 23.0 Å². The lowest BCUT2D eigenvalue weighted by molar-refractivity contribution is 0.0673. The van der Waals surface area contributed by atoms with Crippen LogP contribution in [0.5, 0.6) is 23.0 Å². The number of halogens is 1. The summed E-state index contributed by atoms with van der Waals surface area (Å²) in [6, 6.07) is 11.4. The minimum absolute atomic E-state index is 0.0142. The summed E-state index contributed by atoms with van der Waals surface area (Å²) in [5, 5.41) is 11.3. The second kappa shape index (κ2) is 9.09. The lowest BCUT2D eigenvalue weighted by atomic mass is 9.77. The van der Waals surface area contributed by atoms with Crippen molar-refractivity contribution in [3.05, 3.63) is 70.0 Å². The number of benzene rings is 2. The zero-order chi connectivity index (χ0) is 25.8. The summed E-state index contributed by atoms with van der Waals surface area (Å²) in [6.07, 6.45) is 6.55. The minimum Gasteiger partial charge on any atom is -0.454 e. The zero-order valence-electron chi connectivity index (χ0n) is 20.7. The summed E-state index contributed by atoms with van der Waals surface area (Å²) in [5.41, 5.74) is 4.15. The molecule has 38 heavy (non-hydrogen) atoms. The molecule has 3 aliphatic heterocycles. The third-order valence-electron chi connectivity index (χ3n) is 7.43. The fraction of sp³-hybridized carbons (Fsp3) is 0.321. The molecular weight excluding hydrogens is 508 g/mol. The van der Waals surface area contributed by atoms with Gasteiger partial charge in [-0.05, 0) is 73.2 Å². The number of ether oxygens (including phenoxy) is 4. The van der Waals surface area contributed by atoms with E-state index < -0.39 is 0 Å². The van der Waals surface area contributed by atoms with Gasteiger partial charge >= 0.3 is 0 Å².